The Hall–Kier alpha value is -3.58. The number of halogens is 2. The minimum Gasteiger partial charge on any atom is -0.478 e. The number of carbonyl (C=O) groups is 1. The third-order valence-electron chi connectivity index (χ3n) is 6.86. The average molecular weight is 546 g/mol. The van der Waals surface area contributed by atoms with Crippen molar-refractivity contribution >= 4 is 40.6 Å². The molecule has 7 heteroatoms. The van der Waals surface area contributed by atoms with Crippen molar-refractivity contribution in [2.75, 3.05) is 13.2 Å². The SMILES string of the molecule is CC1(C)COC(CCc2cc(F)ccc2C(=O)O)(c2cccc(/C=C/c3ccc4ccc(Cl)cc4n3)c2)OC1. The summed E-state index contributed by atoms with van der Waals surface area (Å²) in [7, 11) is 0. The highest BCUT2D eigenvalue weighted by molar-refractivity contribution is 6.31. The van der Waals surface area contributed by atoms with Crippen molar-refractivity contribution in [3.8, 4) is 0 Å². The van der Waals surface area contributed by atoms with Gasteiger partial charge in [0.25, 0.3) is 0 Å². The van der Waals surface area contributed by atoms with Crippen LogP contribution >= 0.6 is 11.6 Å². The average Bonchev–Trinajstić information content (AvgIpc) is 2.91. The molecule has 3 aromatic carbocycles. The summed E-state index contributed by atoms with van der Waals surface area (Å²) in [6.07, 6.45) is 4.50. The molecule has 39 heavy (non-hydrogen) atoms. The van der Waals surface area contributed by atoms with Crippen LogP contribution in [0.1, 0.15) is 53.0 Å². The van der Waals surface area contributed by atoms with Crippen molar-refractivity contribution in [1.29, 1.82) is 0 Å². The van der Waals surface area contributed by atoms with E-state index < -0.39 is 17.6 Å². The number of hydrogen-bond acceptors (Lipinski definition) is 4. The molecule has 1 aromatic heterocycles. The van der Waals surface area contributed by atoms with Crippen LogP contribution in [-0.4, -0.2) is 29.3 Å². The van der Waals surface area contributed by atoms with E-state index in [0.29, 0.717) is 30.2 Å². The van der Waals surface area contributed by atoms with E-state index in [0.717, 1.165) is 33.8 Å². The molecule has 0 radical (unpaired) electrons. The first kappa shape index (κ1) is 27.0. The van der Waals surface area contributed by atoms with Gasteiger partial charge in [0.1, 0.15) is 5.82 Å². The fourth-order valence-electron chi connectivity index (χ4n) is 4.70. The molecular formula is C32H29ClFNO4. The van der Waals surface area contributed by atoms with Gasteiger partial charge < -0.3 is 14.6 Å². The molecule has 2 heterocycles. The van der Waals surface area contributed by atoms with Crippen LogP contribution in [0.15, 0.2) is 72.8 Å². The summed E-state index contributed by atoms with van der Waals surface area (Å²) in [6.45, 7) is 5.06. The number of aromatic carboxylic acids is 1. The van der Waals surface area contributed by atoms with E-state index in [-0.39, 0.29) is 17.4 Å². The molecule has 0 aliphatic carbocycles. The first-order valence-corrected chi connectivity index (χ1v) is 13.1. The fraction of sp³-hybridized carbons (Fsp3) is 0.250. The van der Waals surface area contributed by atoms with Crippen LogP contribution in [0.4, 0.5) is 4.39 Å². The van der Waals surface area contributed by atoms with Crippen molar-refractivity contribution < 1.29 is 23.8 Å². The standard InChI is InChI=1S/C32H29ClFNO4/c1-31(2)19-38-32(39-20-31,15-14-23-17-26(34)10-13-28(23)30(36)37)24-5-3-4-21(16-24)6-11-27-12-8-22-7-9-25(33)18-29(22)35-27/h3-13,16-18H,14-15,19-20H2,1-2H3,(H,36,37)/b11-6+. The highest BCUT2D eigenvalue weighted by Crippen LogP contribution is 2.40. The van der Waals surface area contributed by atoms with Crippen molar-refractivity contribution in [3.05, 3.63) is 112 Å². The van der Waals surface area contributed by atoms with E-state index in [4.69, 9.17) is 21.1 Å². The van der Waals surface area contributed by atoms with Gasteiger partial charge in [0.05, 0.1) is 30.0 Å². The zero-order valence-corrected chi connectivity index (χ0v) is 22.5. The molecule has 200 valence electrons. The monoisotopic (exact) mass is 545 g/mol. The maximum absolute atomic E-state index is 14.0. The van der Waals surface area contributed by atoms with Gasteiger partial charge in [-0.05, 0) is 66.1 Å². The predicted molar refractivity (Wildman–Crippen MR) is 151 cm³/mol. The first-order chi connectivity index (χ1) is 18.6. The van der Waals surface area contributed by atoms with Gasteiger partial charge in [-0.1, -0.05) is 61.9 Å². The predicted octanol–water partition coefficient (Wildman–Crippen LogP) is 7.75. The van der Waals surface area contributed by atoms with Gasteiger partial charge in [-0.25, -0.2) is 14.2 Å². The smallest absolute Gasteiger partial charge is 0.335 e. The maximum Gasteiger partial charge on any atom is 0.335 e. The van der Waals surface area contributed by atoms with E-state index in [2.05, 4.69) is 18.8 Å². The number of hydrogen-bond donors (Lipinski definition) is 1. The molecule has 1 fully saturated rings. The molecule has 5 rings (SSSR count). The highest BCUT2D eigenvalue weighted by atomic mass is 35.5. The third-order valence-corrected chi connectivity index (χ3v) is 7.10. The lowest BCUT2D eigenvalue weighted by atomic mass is 9.90. The molecule has 0 bridgehead atoms. The number of ether oxygens (including phenoxy) is 2. The minimum atomic E-state index is -1.10. The molecule has 0 saturated carbocycles. The van der Waals surface area contributed by atoms with Gasteiger partial charge in [0.2, 0.25) is 0 Å². The zero-order valence-electron chi connectivity index (χ0n) is 21.8. The van der Waals surface area contributed by atoms with Crippen LogP contribution < -0.4 is 0 Å². The topological polar surface area (TPSA) is 68.7 Å². The van der Waals surface area contributed by atoms with Gasteiger partial charge in [0.15, 0.2) is 5.79 Å². The summed E-state index contributed by atoms with van der Waals surface area (Å²) in [6, 6.07) is 21.2. The lowest BCUT2D eigenvalue weighted by Gasteiger charge is -2.44. The summed E-state index contributed by atoms with van der Waals surface area (Å²) >= 11 is 6.13. The lowest BCUT2D eigenvalue weighted by molar-refractivity contribution is -0.310. The molecule has 1 N–H and O–H groups in total. The molecule has 0 amide bonds. The Morgan fingerprint density at radius 2 is 1.79 bits per heavy atom. The van der Waals surface area contributed by atoms with Crippen LogP contribution in [0.3, 0.4) is 0 Å². The van der Waals surface area contributed by atoms with Gasteiger partial charge in [-0.2, -0.15) is 0 Å². The second-order valence-corrected chi connectivity index (χ2v) is 11.1. The normalized spacial score (nSPS) is 16.5. The van der Waals surface area contributed by atoms with Crippen molar-refractivity contribution in [1.82, 2.24) is 4.98 Å². The fourth-order valence-corrected chi connectivity index (χ4v) is 4.87. The quantitative estimate of drug-likeness (QED) is 0.257. The molecule has 1 saturated heterocycles. The van der Waals surface area contributed by atoms with E-state index in [1.54, 1.807) is 0 Å². The van der Waals surface area contributed by atoms with Crippen LogP contribution in [0.5, 0.6) is 0 Å². The van der Waals surface area contributed by atoms with Crippen LogP contribution in [-0.2, 0) is 21.7 Å². The largest absolute Gasteiger partial charge is 0.478 e. The first-order valence-electron chi connectivity index (χ1n) is 12.8. The molecule has 1 aliphatic rings. The number of fused-ring (bicyclic) bond motifs is 1. The highest BCUT2D eigenvalue weighted by Gasteiger charge is 2.42. The Morgan fingerprint density at radius 3 is 2.56 bits per heavy atom. The zero-order chi connectivity index (χ0) is 27.6. The van der Waals surface area contributed by atoms with Gasteiger partial charge >= 0.3 is 5.97 Å². The van der Waals surface area contributed by atoms with Gasteiger partial charge in [-0.15, -0.1) is 0 Å². The molecule has 0 atom stereocenters. The van der Waals surface area contributed by atoms with E-state index in [1.807, 2.05) is 66.7 Å². The maximum atomic E-state index is 14.0. The number of rotatable bonds is 7. The van der Waals surface area contributed by atoms with Crippen LogP contribution in [0.25, 0.3) is 23.1 Å². The van der Waals surface area contributed by atoms with E-state index in [1.165, 1.54) is 12.1 Å². The number of benzene rings is 3. The summed E-state index contributed by atoms with van der Waals surface area (Å²) in [5, 5.41) is 11.3. The van der Waals surface area contributed by atoms with Crippen molar-refractivity contribution in [2.24, 2.45) is 5.41 Å². The Kier molecular flexibility index (Phi) is 7.54. The number of carboxylic acids is 1. The van der Waals surface area contributed by atoms with Crippen LogP contribution in [0.2, 0.25) is 5.02 Å². The number of nitrogens with zero attached hydrogens (tertiary/aromatic N) is 1. The number of aryl methyl sites for hydroxylation is 1. The second-order valence-electron chi connectivity index (χ2n) is 10.6. The van der Waals surface area contributed by atoms with Crippen molar-refractivity contribution in [3.63, 3.8) is 0 Å². The Labute approximate surface area is 231 Å². The molecule has 0 unspecified atom stereocenters. The van der Waals surface area contributed by atoms with Crippen molar-refractivity contribution in [2.45, 2.75) is 32.5 Å². The van der Waals surface area contributed by atoms with Gasteiger partial charge in [-0.3, -0.25) is 0 Å². The third kappa shape index (κ3) is 6.19. The van der Waals surface area contributed by atoms with E-state index >= 15 is 0 Å². The number of carboxylic acid groups (broad SMARTS) is 1. The lowest BCUT2D eigenvalue weighted by Crippen LogP contribution is -2.46. The van der Waals surface area contributed by atoms with Crippen LogP contribution in [0, 0.1) is 11.2 Å². The number of aromatic nitrogens is 1. The summed E-state index contributed by atoms with van der Waals surface area (Å²) in [5.41, 5.74) is 3.66. The van der Waals surface area contributed by atoms with Gasteiger partial charge in [0, 0.05) is 27.8 Å². The molecule has 5 nitrogen and oxygen atoms in total. The molecule has 1 aliphatic heterocycles. The Bertz CT molecular complexity index is 1560. The summed E-state index contributed by atoms with van der Waals surface area (Å²) in [4.78, 5) is 16.4. The number of pyridine rings is 1. The molecule has 0 spiro atoms. The molecule has 4 aromatic rings. The minimum absolute atomic E-state index is 0.0727. The summed E-state index contributed by atoms with van der Waals surface area (Å²) in [5.74, 6) is -2.67. The second kappa shape index (κ2) is 10.9. The molecular weight excluding hydrogens is 517 g/mol. The summed E-state index contributed by atoms with van der Waals surface area (Å²) < 4.78 is 26.8. The Morgan fingerprint density at radius 1 is 1.03 bits per heavy atom. The Balaban J connectivity index is 1.44. The van der Waals surface area contributed by atoms with E-state index in [9.17, 15) is 14.3 Å².